The van der Waals surface area contributed by atoms with Crippen molar-refractivity contribution in [3.8, 4) is 0 Å². The average molecular weight is 390 g/mol. The van der Waals surface area contributed by atoms with Crippen LogP contribution in [0.4, 0.5) is 11.4 Å². The smallest absolute Gasteiger partial charge is 0.182 e. The first-order valence-electron chi connectivity index (χ1n) is 9.12. The Morgan fingerprint density at radius 2 is 1.69 bits per heavy atom. The molecule has 4 rings (SSSR count). The molecule has 4 nitrogen and oxygen atoms in total. The molecule has 0 spiro atoms. The third kappa shape index (κ3) is 3.59. The minimum absolute atomic E-state index is 0.684. The van der Waals surface area contributed by atoms with Crippen LogP contribution in [-0.4, -0.2) is 60.7 Å². The van der Waals surface area contributed by atoms with Crippen LogP contribution >= 0.6 is 11.6 Å². The van der Waals surface area contributed by atoms with E-state index in [0.29, 0.717) is 5.02 Å². The molecule has 0 N–H and O–H groups in total. The Labute approximate surface area is 163 Å². The van der Waals surface area contributed by atoms with Gasteiger partial charge in [-0.1, -0.05) is 23.7 Å². The van der Waals surface area contributed by atoms with Gasteiger partial charge in [-0.05, 0) is 50.3 Å². The maximum Gasteiger partial charge on any atom is 0.182 e. The quantitative estimate of drug-likeness (QED) is 0.748. The van der Waals surface area contributed by atoms with Gasteiger partial charge in [0.15, 0.2) is 9.79 Å². The van der Waals surface area contributed by atoms with Gasteiger partial charge < -0.3 is 19.3 Å². The standard InChI is InChI=1S/C20H24ClN3OS/c1-22-11-13-23(14-12-22)9-4-10-24-17-5-2-3-6-19(17)26(25)20-8-7-16(21)15-18(20)24/h2-3,5-8,15H,4,9-14H2,1H3. The fourth-order valence-electron chi connectivity index (χ4n) is 3.71. The topological polar surface area (TPSA) is 32.8 Å². The van der Waals surface area contributed by atoms with Gasteiger partial charge in [0.05, 0.1) is 11.4 Å². The first-order chi connectivity index (χ1) is 12.6. The maximum absolute atomic E-state index is 12.9. The van der Waals surface area contributed by atoms with Crippen LogP contribution in [0.5, 0.6) is 0 Å². The summed E-state index contributed by atoms with van der Waals surface area (Å²) in [6.45, 7) is 6.55. The van der Waals surface area contributed by atoms with Crippen LogP contribution in [0, 0.1) is 0 Å². The summed E-state index contributed by atoms with van der Waals surface area (Å²) in [7, 11) is 2.18. The Morgan fingerprint density at radius 1 is 0.962 bits per heavy atom. The molecule has 0 aliphatic carbocycles. The summed E-state index contributed by atoms with van der Waals surface area (Å²) in [5.74, 6) is 0. The SMILES string of the molecule is CN1CCN(CCCN2c3ccccc3[S+]([O-])c3ccc(Cl)cc32)CC1. The number of halogens is 1. The highest BCUT2D eigenvalue weighted by atomic mass is 35.5. The molecule has 2 aliphatic rings. The molecule has 1 fully saturated rings. The molecular formula is C20H24ClN3OS. The van der Waals surface area contributed by atoms with Gasteiger partial charge in [0.1, 0.15) is 0 Å². The number of hydrogen-bond acceptors (Lipinski definition) is 4. The maximum atomic E-state index is 12.9. The van der Waals surface area contributed by atoms with E-state index in [2.05, 4.69) is 27.8 Å². The molecule has 0 bridgehead atoms. The third-order valence-corrected chi connectivity index (χ3v) is 6.94. The number of anilines is 2. The molecule has 0 saturated carbocycles. The van der Waals surface area contributed by atoms with Crippen molar-refractivity contribution in [3.63, 3.8) is 0 Å². The van der Waals surface area contributed by atoms with E-state index in [-0.39, 0.29) is 0 Å². The van der Waals surface area contributed by atoms with E-state index in [4.69, 9.17) is 11.6 Å². The molecule has 1 unspecified atom stereocenters. The molecule has 0 radical (unpaired) electrons. The van der Waals surface area contributed by atoms with Crippen LogP contribution in [0.3, 0.4) is 0 Å². The van der Waals surface area contributed by atoms with E-state index in [9.17, 15) is 4.55 Å². The largest absolute Gasteiger partial charge is 0.606 e. The number of nitrogens with zero attached hydrogens (tertiary/aromatic N) is 3. The first kappa shape index (κ1) is 18.1. The Morgan fingerprint density at radius 3 is 2.50 bits per heavy atom. The summed E-state index contributed by atoms with van der Waals surface area (Å²) in [6, 6.07) is 13.7. The predicted octanol–water partition coefficient (Wildman–Crippen LogP) is 3.60. The minimum atomic E-state index is -1.15. The number of likely N-dealkylation sites (N-methyl/N-ethyl adjacent to an activating group) is 1. The first-order valence-corrected chi connectivity index (χ1v) is 10.6. The fraction of sp³-hybridized carbons (Fsp3) is 0.400. The second-order valence-electron chi connectivity index (χ2n) is 7.00. The van der Waals surface area contributed by atoms with E-state index in [0.717, 1.165) is 66.9 Å². The van der Waals surface area contributed by atoms with Crippen molar-refractivity contribution < 1.29 is 4.55 Å². The lowest BCUT2D eigenvalue weighted by molar-refractivity contribution is 0.153. The van der Waals surface area contributed by atoms with Gasteiger partial charge >= 0.3 is 0 Å². The predicted molar refractivity (Wildman–Crippen MR) is 108 cm³/mol. The van der Waals surface area contributed by atoms with Crippen molar-refractivity contribution in [1.29, 1.82) is 0 Å². The molecule has 2 heterocycles. The summed E-state index contributed by atoms with van der Waals surface area (Å²) in [5.41, 5.74) is 2.02. The zero-order valence-electron chi connectivity index (χ0n) is 15.0. The van der Waals surface area contributed by atoms with Gasteiger partial charge in [-0.25, -0.2) is 0 Å². The number of hydrogen-bond donors (Lipinski definition) is 0. The summed E-state index contributed by atoms with van der Waals surface area (Å²) in [5, 5.41) is 0.684. The van der Waals surface area contributed by atoms with Crippen molar-refractivity contribution >= 4 is 34.2 Å². The van der Waals surface area contributed by atoms with Crippen LogP contribution in [-0.2, 0) is 11.2 Å². The Bertz CT molecular complexity index is 779. The highest BCUT2D eigenvalue weighted by molar-refractivity contribution is 7.92. The normalized spacial score (nSPS) is 20.7. The molecule has 2 aromatic rings. The lowest BCUT2D eigenvalue weighted by Gasteiger charge is -2.35. The van der Waals surface area contributed by atoms with Gasteiger partial charge in [-0.3, -0.25) is 0 Å². The summed E-state index contributed by atoms with van der Waals surface area (Å²) < 4.78 is 12.9. The number of para-hydroxylation sites is 1. The summed E-state index contributed by atoms with van der Waals surface area (Å²) in [6.07, 6.45) is 1.07. The molecular weight excluding hydrogens is 366 g/mol. The van der Waals surface area contributed by atoms with Crippen molar-refractivity contribution in [2.24, 2.45) is 0 Å². The van der Waals surface area contributed by atoms with Crippen LogP contribution < -0.4 is 4.90 Å². The molecule has 1 saturated heterocycles. The van der Waals surface area contributed by atoms with E-state index in [1.165, 1.54) is 0 Å². The Balaban J connectivity index is 1.53. The van der Waals surface area contributed by atoms with Gasteiger partial charge in [0.25, 0.3) is 0 Å². The second kappa shape index (κ2) is 7.79. The summed E-state index contributed by atoms with van der Waals surface area (Å²) >= 11 is 5.10. The molecule has 0 aromatic heterocycles. The molecule has 6 heteroatoms. The van der Waals surface area contributed by atoms with Crippen LogP contribution in [0.2, 0.25) is 5.02 Å². The minimum Gasteiger partial charge on any atom is -0.606 e. The molecule has 26 heavy (non-hydrogen) atoms. The average Bonchev–Trinajstić information content (AvgIpc) is 2.66. The van der Waals surface area contributed by atoms with Gasteiger partial charge in [-0.15, -0.1) is 0 Å². The zero-order valence-corrected chi connectivity index (χ0v) is 16.6. The molecule has 2 aliphatic heterocycles. The summed E-state index contributed by atoms with van der Waals surface area (Å²) in [4.78, 5) is 8.95. The van der Waals surface area contributed by atoms with Crippen LogP contribution in [0.15, 0.2) is 52.3 Å². The Hall–Kier alpha value is -1.24. The highest BCUT2D eigenvalue weighted by Gasteiger charge is 2.33. The lowest BCUT2D eigenvalue weighted by Crippen LogP contribution is -2.45. The second-order valence-corrected chi connectivity index (χ2v) is 8.85. The van der Waals surface area contributed by atoms with E-state index < -0.39 is 11.2 Å². The van der Waals surface area contributed by atoms with Crippen molar-refractivity contribution in [1.82, 2.24) is 9.80 Å². The molecule has 138 valence electrons. The molecule has 0 amide bonds. The van der Waals surface area contributed by atoms with E-state index >= 15 is 0 Å². The number of benzene rings is 2. The fourth-order valence-corrected chi connectivity index (χ4v) is 5.23. The van der Waals surface area contributed by atoms with Crippen LogP contribution in [0.1, 0.15) is 6.42 Å². The zero-order chi connectivity index (χ0) is 18.1. The number of rotatable bonds is 4. The monoisotopic (exact) mass is 389 g/mol. The van der Waals surface area contributed by atoms with Crippen LogP contribution in [0.25, 0.3) is 0 Å². The number of fused-ring (bicyclic) bond motifs is 2. The molecule has 2 aromatic carbocycles. The van der Waals surface area contributed by atoms with Crippen molar-refractivity contribution in [2.75, 3.05) is 51.2 Å². The van der Waals surface area contributed by atoms with E-state index in [1.54, 1.807) is 0 Å². The lowest BCUT2D eigenvalue weighted by atomic mass is 10.2. The van der Waals surface area contributed by atoms with Crippen molar-refractivity contribution in [3.05, 3.63) is 47.5 Å². The van der Waals surface area contributed by atoms with Crippen molar-refractivity contribution in [2.45, 2.75) is 16.2 Å². The van der Waals surface area contributed by atoms with E-state index in [1.807, 2.05) is 36.4 Å². The van der Waals surface area contributed by atoms with Gasteiger partial charge in [0.2, 0.25) is 0 Å². The van der Waals surface area contributed by atoms with Gasteiger partial charge in [-0.2, -0.15) is 0 Å². The molecule has 1 atom stereocenters. The van der Waals surface area contributed by atoms with Gasteiger partial charge in [0, 0.05) is 48.9 Å². The highest BCUT2D eigenvalue weighted by Crippen LogP contribution is 2.44. The third-order valence-electron chi connectivity index (χ3n) is 5.22. The number of piperazine rings is 1. The Kier molecular flexibility index (Phi) is 5.43.